The van der Waals surface area contributed by atoms with Gasteiger partial charge in [0.15, 0.2) is 5.82 Å². The number of alkyl halides is 9. The van der Waals surface area contributed by atoms with Gasteiger partial charge in [0.05, 0.1) is 22.7 Å². The molecule has 7 heterocycles. The molecule has 0 radical (unpaired) electrons. The zero-order valence-corrected chi connectivity index (χ0v) is 30.2. The molecule has 0 spiro atoms. The Hall–Kier alpha value is -4.10. The van der Waals surface area contributed by atoms with E-state index in [0.29, 0.717) is 64.6 Å². The van der Waals surface area contributed by atoms with Crippen molar-refractivity contribution in [2.24, 2.45) is 0 Å². The Morgan fingerprint density at radius 3 is 2.37 bits per heavy atom. The molecule has 0 unspecified atom stereocenters. The normalized spacial score (nSPS) is 26.6. The fourth-order valence-corrected chi connectivity index (χ4v) is 10.0. The summed E-state index contributed by atoms with van der Waals surface area (Å²) in [4.78, 5) is 17.6. The third-order valence-electron chi connectivity index (χ3n) is 12.6. The standard InChI is InChI=1S/C38H35F11N6O2/c1-18-23(39)8-6-19-4-2-5-22(27(18)19)30-29(40)31-28-25(51-30)10-11-26-24-9-7-20(50-24)15-55(26)32(28)53-33(52-31)56-17-34-12-3-13-54(34)16-21(14-34)57-35(36(41,42)43,37(44,45)46)38(47,48)49/h2,4-6,8,20-21,24,26,50H,3,7,9-17H2,1H3/t20-,21+,24+,26-,34-/m1/s1. The number of aromatic nitrogens is 3. The van der Waals surface area contributed by atoms with Crippen LogP contribution in [0.25, 0.3) is 32.9 Å². The summed E-state index contributed by atoms with van der Waals surface area (Å²) in [5.41, 5.74) is -6.83. The van der Waals surface area contributed by atoms with Gasteiger partial charge in [0.25, 0.3) is 0 Å². The van der Waals surface area contributed by atoms with Crippen LogP contribution in [0.5, 0.6) is 6.01 Å². The second kappa shape index (κ2) is 12.9. The van der Waals surface area contributed by atoms with Crippen LogP contribution in [0.4, 0.5) is 54.1 Å². The van der Waals surface area contributed by atoms with E-state index in [1.54, 1.807) is 31.2 Å². The fourth-order valence-electron chi connectivity index (χ4n) is 10.0. The van der Waals surface area contributed by atoms with Crippen LogP contribution in [-0.4, -0.2) is 100.0 Å². The summed E-state index contributed by atoms with van der Waals surface area (Å²) in [6.07, 6.45) is -19.9. The number of pyridine rings is 1. The number of aryl methyl sites for hydroxylation is 2. The Bertz CT molecular complexity index is 2230. The Morgan fingerprint density at radius 2 is 1.63 bits per heavy atom. The summed E-state index contributed by atoms with van der Waals surface area (Å²) < 4.78 is 167. The van der Waals surface area contributed by atoms with E-state index in [1.807, 2.05) is 0 Å². The number of ether oxygens (including phenoxy) is 2. The molecule has 0 saturated carbocycles. The lowest BCUT2D eigenvalue weighted by atomic mass is 9.93. The van der Waals surface area contributed by atoms with Crippen molar-refractivity contribution in [3.05, 3.63) is 53.2 Å². The molecule has 19 heteroatoms. The summed E-state index contributed by atoms with van der Waals surface area (Å²) in [6.45, 7) is 1.15. The highest BCUT2D eigenvalue weighted by molar-refractivity contribution is 6.01. The van der Waals surface area contributed by atoms with Crippen molar-refractivity contribution in [2.75, 3.05) is 31.1 Å². The predicted molar refractivity (Wildman–Crippen MR) is 184 cm³/mol. The highest BCUT2D eigenvalue weighted by atomic mass is 19.4. The number of rotatable bonds is 6. The highest BCUT2D eigenvalue weighted by Gasteiger charge is 2.86. The van der Waals surface area contributed by atoms with Gasteiger partial charge in [0.1, 0.15) is 29.5 Å². The van der Waals surface area contributed by atoms with Crippen LogP contribution in [0.15, 0.2) is 30.3 Å². The van der Waals surface area contributed by atoms with Crippen LogP contribution in [-0.2, 0) is 11.2 Å². The molecule has 4 fully saturated rings. The number of fused-ring (bicyclic) bond motifs is 7. The molecule has 1 N–H and O–H groups in total. The van der Waals surface area contributed by atoms with E-state index in [-0.39, 0.29) is 48.3 Å². The number of piperazine rings is 1. The monoisotopic (exact) mass is 816 g/mol. The van der Waals surface area contributed by atoms with E-state index < -0.39 is 67.0 Å². The molecule has 2 bridgehead atoms. The highest BCUT2D eigenvalue weighted by Crippen LogP contribution is 2.57. The minimum Gasteiger partial charge on any atom is -0.461 e. The largest absolute Gasteiger partial charge is 0.461 e. The molecule has 8 nitrogen and oxygen atoms in total. The Balaban J connectivity index is 1.12. The second-order valence-electron chi connectivity index (χ2n) is 15.8. The van der Waals surface area contributed by atoms with Gasteiger partial charge in [-0.2, -0.15) is 49.5 Å². The van der Waals surface area contributed by atoms with Crippen LogP contribution in [0, 0.1) is 18.6 Å². The average Bonchev–Trinajstić information content (AvgIpc) is 3.78. The van der Waals surface area contributed by atoms with Crippen molar-refractivity contribution >= 4 is 27.5 Å². The van der Waals surface area contributed by atoms with Gasteiger partial charge in [-0.3, -0.25) is 4.90 Å². The Morgan fingerprint density at radius 1 is 0.877 bits per heavy atom. The van der Waals surface area contributed by atoms with E-state index in [9.17, 15) is 43.9 Å². The average molecular weight is 817 g/mol. The first-order valence-electron chi connectivity index (χ1n) is 18.7. The Labute approximate surface area is 317 Å². The third-order valence-corrected chi connectivity index (χ3v) is 12.6. The van der Waals surface area contributed by atoms with Crippen molar-refractivity contribution in [1.29, 1.82) is 0 Å². The number of halogens is 11. The topological polar surface area (TPSA) is 75.6 Å². The maximum Gasteiger partial charge on any atom is 0.435 e. The van der Waals surface area contributed by atoms with Crippen LogP contribution in [0.1, 0.15) is 49.8 Å². The molecular weight excluding hydrogens is 781 g/mol. The molecular formula is C38H35F11N6O2. The molecule has 306 valence electrons. The molecule has 57 heavy (non-hydrogen) atoms. The summed E-state index contributed by atoms with van der Waals surface area (Å²) in [5, 5.41) is 5.10. The maximum absolute atomic E-state index is 17.2. The molecule has 0 amide bonds. The molecule has 4 saturated heterocycles. The fraction of sp³-hybridized carbons (Fsp3) is 0.553. The maximum atomic E-state index is 17.2. The van der Waals surface area contributed by atoms with Crippen LogP contribution >= 0.6 is 0 Å². The zero-order valence-electron chi connectivity index (χ0n) is 30.2. The van der Waals surface area contributed by atoms with Crippen LogP contribution in [0.2, 0.25) is 0 Å². The van der Waals surface area contributed by atoms with E-state index in [2.05, 4.69) is 19.9 Å². The molecule has 5 aliphatic heterocycles. The van der Waals surface area contributed by atoms with E-state index >= 15 is 4.39 Å². The lowest BCUT2D eigenvalue weighted by Gasteiger charge is -2.41. The van der Waals surface area contributed by atoms with Gasteiger partial charge < -0.3 is 19.7 Å². The van der Waals surface area contributed by atoms with Crippen LogP contribution < -0.4 is 15.0 Å². The van der Waals surface area contributed by atoms with Crippen molar-refractivity contribution in [1.82, 2.24) is 25.2 Å². The number of nitrogens with zero attached hydrogens (tertiary/aromatic N) is 5. The SMILES string of the molecule is Cc1c(F)ccc2cccc(-c3nc4c5c(nc(OC[C@]67CCCN6C[C@@H](OC(C(F)(F)F)(C(F)(F)F)C(F)(F)F)C7)nc5c3F)N3C[C@H]5CC[C@H](N5)[C@H]3CC4)c12. The minimum atomic E-state index is -6.87. The number of hydrogen-bond donors (Lipinski definition) is 1. The van der Waals surface area contributed by atoms with Gasteiger partial charge in [0, 0.05) is 36.8 Å². The molecule has 4 aromatic rings. The molecule has 5 aliphatic rings. The van der Waals surface area contributed by atoms with Crippen molar-refractivity contribution in [2.45, 2.75) is 106 Å². The predicted octanol–water partition coefficient (Wildman–Crippen LogP) is 8.12. The number of anilines is 1. The summed E-state index contributed by atoms with van der Waals surface area (Å²) in [6, 6.07) is 7.82. The Kier molecular flexibility index (Phi) is 8.73. The first kappa shape index (κ1) is 38.4. The number of benzene rings is 2. The van der Waals surface area contributed by atoms with E-state index in [1.165, 1.54) is 11.0 Å². The number of hydrogen-bond acceptors (Lipinski definition) is 8. The molecule has 0 aliphatic carbocycles. The van der Waals surface area contributed by atoms with Gasteiger partial charge in [-0.05, 0) is 80.8 Å². The lowest BCUT2D eigenvalue weighted by molar-refractivity contribution is -0.463. The third kappa shape index (κ3) is 5.83. The van der Waals surface area contributed by atoms with E-state index in [4.69, 9.17) is 14.7 Å². The summed E-state index contributed by atoms with van der Waals surface area (Å²) >= 11 is 0. The van der Waals surface area contributed by atoms with Gasteiger partial charge in [-0.25, -0.2) is 13.8 Å². The molecule has 2 aromatic heterocycles. The molecule has 2 aromatic carbocycles. The first-order chi connectivity index (χ1) is 26.8. The van der Waals surface area contributed by atoms with Gasteiger partial charge in [-0.1, -0.05) is 24.3 Å². The van der Waals surface area contributed by atoms with Gasteiger partial charge >= 0.3 is 30.1 Å². The lowest BCUT2D eigenvalue weighted by Crippen LogP contribution is -2.68. The minimum absolute atomic E-state index is 0.0721. The van der Waals surface area contributed by atoms with Crippen molar-refractivity contribution < 1.29 is 57.8 Å². The number of nitrogens with one attached hydrogen (secondary N) is 1. The van der Waals surface area contributed by atoms with Crippen molar-refractivity contribution in [3.8, 4) is 17.3 Å². The van der Waals surface area contributed by atoms with E-state index in [0.717, 1.165) is 12.8 Å². The smallest absolute Gasteiger partial charge is 0.435 e. The summed E-state index contributed by atoms with van der Waals surface area (Å²) in [7, 11) is 0. The van der Waals surface area contributed by atoms with Gasteiger partial charge in [0.2, 0.25) is 0 Å². The first-order valence-corrected chi connectivity index (χ1v) is 18.7. The van der Waals surface area contributed by atoms with Gasteiger partial charge in [-0.15, -0.1) is 0 Å². The molecule has 5 atom stereocenters. The zero-order chi connectivity index (χ0) is 40.4. The summed E-state index contributed by atoms with van der Waals surface area (Å²) in [5.74, 6) is -0.981. The van der Waals surface area contributed by atoms with Crippen LogP contribution in [0.3, 0.4) is 0 Å². The van der Waals surface area contributed by atoms with Crippen molar-refractivity contribution in [3.63, 3.8) is 0 Å². The quantitative estimate of drug-likeness (QED) is 0.196. The molecule has 9 rings (SSSR count). The second-order valence-corrected chi connectivity index (χ2v) is 15.8.